The number of rotatable bonds is 3. The molecule has 3 aromatic rings. The van der Waals surface area contributed by atoms with Gasteiger partial charge in [0, 0.05) is 36.3 Å². The fourth-order valence-electron chi connectivity index (χ4n) is 3.25. The molecule has 1 amide bonds. The second-order valence-electron chi connectivity index (χ2n) is 6.37. The number of hydrogen-bond acceptors (Lipinski definition) is 5. The number of aromatic amines is 1. The lowest BCUT2D eigenvalue weighted by Crippen LogP contribution is -2.42. The van der Waals surface area contributed by atoms with Crippen LogP contribution in [0.25, 0.3) is 10.9 Å². The molecule has 0 radical (unpaired) electrons. The highest BCUT2D eigenvalue weighted by atomic mass is 16.2. The van der Waals surface area contributed by atoms with Crippen LogP contribution in [0.5, 0.6) is 0 Å². The van der Waals surface area contributed by atoms with E-state index in [-0.39, 0.29) is 5.91 Å². The van der Waals surface area contributed by atoms with Crippen molar-refractivity contribution in [3.63, 3.8) is 0 Å². The first-order chi connectivity index (χ1) is 12.2. The molecule has 1 saturated heterocycles. The van der Waals surface area contributed by atoms with Crippen molar-refractivity contribution in [2.24, 2.45) is 0 Å². The minimum Gasteiger partial charge on any atom is -0.367 e. The summed E-state index contributed by atoms with van der Waals surface area (Å²) in [5.41, 5.74) is 2.34. The van der Waals surface area contributed by atoms with Gasteiger partial charge in [0.15, 0.2) is 5.69 Å². The first-order valence-corrected chi connectivity index (χ1v) is 8.48. The molecular formula is C18H20N6O. The molecular weight excluding hydrogens is 316 g/mol. The molecule has 4 rings (SSSR count). The Morgan fingerprint density at radius 2 is 2.04 bits per heavy atom. The highest BCUT2D eigenvalue weighted by Gasteiger charge is 2.26. The van der Waals surface area contributed by atoms with Crippen LogP contribution in [0, 0.1) is 6.92 Å². The smallest absolute Gasteiger partial charge is 0.274 e. The fourth-order valence-corrected chi connectivity index (χ4v) is 3.25. The molecule has 2 aromatic heterocycles. The number of amides is 1. The average molecular weight is 336 g/mol. The number of likely N-dealkylation sites (tertiary alicyclic amines) is 1. The summed E-state index contributed by atoms with van der Waals surface area (Å²) in [6, 6.07) is 9.97. The highest BCUT2D eigenvalue weighted by molar-refractivity contribution is 6.04. The maximum Gasteiger partial charge on any atom is 0.274 e. The maximum atomic E-state index is 12.8. The molecule has 1 aliphatic rings. The summed E-state index contributed by atoms with van der Waals surface area (Å²) >= 11 is 0. The Hall–Kier alpha value is -2.96. The van der Waals surface area contributed by atoms with E-state index in [1.807, 2.05) is 42.2 Å². The summed E-state index contributed by atoms with van der Waals surface area (Å²) in [7, 11) is 0. The van der Waals surface area contributed by atoms with Crippen molar-refractivity contribution >= 4 is 22.6 Å². The second kappa shape index (κ2) is 6.51. The third kappa shape index (κ3) is 3.17. The van der Waals surface area contributed by atoms with Gasteiger partial charge in [-0.2, -0.15) is 5.10 Å². The summed E-state index contributed by atoms with van der Waals surface area (Å²) in [5, 5.41) is 11.5. The van der Waals surface area contributed by atoms with Gasteiger partial charge in [0.2, 0.25) is 0 Å². The zero-order chi connectivity index (χ0) is 17.2. The van der Waals surface area contributed by atoms with E-state index < -0.39 is 0 Å². The van der Waals surface area contributed by atoms with E-state index in [0.29, 0.717) is 24.8 Å². The number of H-pyrrole nitrogens is 1. The predicted molar refractivity (Wildman–Crippen MR) is 95.4 cm³/mol. The largest absolute Gasteiger partial charge is 0.367 e. The van der Waals surface area contributed by atoms with Crippen molar-refractivity contribution in [2.45, 2.75) is 25.8 Å². The van der Waals surface area contributed by atoms with Gasteiger partial charge in [-0.15, -0.1) is 0 Å². The number of hydrogen-bond donors (Lipinski definition) is 2. The van der Waals surface area contributed by atoms with Crippen molar-refractivity contribution in [1.82, 2.24) is 25.1 Å². The van der Waals surface area contributed by atoms with Gasteiger partial charge in [-0.1, -0.05) is 18.2 Å². The summed E-state index contributed by atoms with van der Waals surface area (Å²) < 4.78 is 0. The summed E-state index contributed by atoms with van der Waals surface area (Å²) in [4.78, 5) is 23.0. The number of para-hydroxylation sites is 1. The van der Waals surface area contributed by atoms with Crippen molar-refractivity contribution in [3.05, 3.63) is 48.0 Å². The molecule has 1 aromatic carbocycles. The number of carbonyl (C=O) groups is 1. The molecule has 2 N–H and O–H groups in total. The van der Waals surface area contributed by atoms with Crippen molar-refractivity contribution < 1.29 is 4.79 Å². The SMILES string of the molecule is Cc1cc(NC2CCN(C(=O)c3n[nH]c4ccccc34)CC2)ncn1. The van der Waals surface area contributed by atoms with Crippen molar-refractivity contribution in [3.8, 4) is 0 Å². The lowest BCUT2D eigenvalue weighted by molar-refractivity contribution is 0.0714. The van der Waals surface area contributed by atoms with E-state index in [4.69, 9.17) is 0 Å². The molecule has 1 fully saturated rings. The molecule has 0 saturated carbocycles. The standard InChI is InChI=1S/C18H20N6O/c1-12-10-16(20-11-19-12)21-13-6-8-24(9-7-13)18(25)17-14-4-2-3-5-15(14)22-23-17/h2-5,10-11,13H,6-9H2,1H3,(H,22,23)(H,19,20,21). The third-order valence-electron chi connectivity index (χ3n) is 4.61. The van der Waals surface area contributed by atoms with Gasteiger partial charge in [0.25, 0.3) is 5.91 Å². The fraction of sp³-hybridized carbons (Fsp3) is 0.333. The zero-order valence-electron chi connectivity index (χ0n) is 14.1. The van der Waals surface area contributed by atoms with Crippen LogP contribution in [0.15, 0.2) is 36.7 Å². The number of aromatic nitrogens is 4. The van der Waals surface area contributed by atoms with E-state index in [1.165, 1.54) is 0 Å². The van der Waals surface area contributed by atoms with Gasteiger partial charge in [-0.25, -0.2) is 9.97 Å². The van der Waals surface area contributed by atoms with Crippen LogP contribution in [0.2, 0.25) is 0 Å². The van der Waals surface area contributed by atoms with E-state index in [2.05, 4.69) is 25.5 Å². The molecule has 7 heteroatoms. The van der Waals surface area contributed by atoms with Gasteiger partial charge in [-0.05, 0) is 25.8 Å². The Bertz CT molecular complexity index is 897. The molecule has 7 nitrogen and oxygen atoms in total. The van der Waals surface area contributed by atoms with E-state index in [9.17, 15) is 4.79 Å². The predicted octanol–water partition coefficient (Wildman–Crippen LogP) is 2.38. The molecule has 0 atom stereocenters. The van der Waals surface area contributed by atoms with Crippen LogP contribution < -0.4 is 5.32 Å². The van der Waals surface area contributed by atoms with E-state index in [0.717, 1.165) is 35.3 Å². The van der Waals surface area contributed by atoms with Crippen molar-refractivity contribution in [1.29, 1.82) is 0 Å². The Morgan fingerprint density at radius 3 is 2.84 bits per heavy atom. The number of carbonyl (C=O) groups excluding carboxylic acids is 1. The number of aryl methyl sites for hydroxylation is 1. The normalized spacial score (nSPS) is 15.5. The van der Waals surface area contributed by atoms with Crippen LogP contribution in [0.1, 0.15) is 29.0 Å². The van der Waals surface area contributed by atoms with Crippen LogP contribution in [-0.4, -0.2) is 50.1 Å². The van der Waals surface area contributed by atoms with E-state index in [1.54, 1.807) is 6.33 Å². The molecule has 0 unspecified atom stereocenters. The number of nitrogens with one attached hydrogen (secondary N) is 2. The van der Waals surface area contributed by atoms with Crippen LogP contribution in [-0.2, 0) is 0 Å². The summed E-state index contributed by atoms with van der Waals surface area (Å²) in [6.07, 6.45) is 3.34. The van der Waals surface area contributed by atoms with Gasteiger partial charge < -0.3 is 10.2 Å². The molecule has 0 spiro atoms. The maximum absolute atomic E-state index is 12.8. The van der Waals surface area contributed by atoms with Crippen LogP contribution in [0.3, 0.4) is 0 Å². The zero-order valence-corrected chi connectivity index (χ0v) is 14.1. The summed E-state index contributed by atoms with van der Waals surface area (Å²) in [5.74, 6) is 0.837. The molecule has 128 valence electrons. The Kier molecular flexibility index (Phi) is 4.05. The Morgan fingerprint density at radius 1 is 1.24 bits per heavy atom. The molecule has 1 aliphatic heterocycles. The number of benzene rings is 1. The monoisotopic (exact) mass is 336 g/mol. The first kappa shape index (κ1) is 15.6. The lowest BCUT2D eigenvalue weighted by Gasteiger charge is -2.32. The molecule has 0 bridgehead atoms. The van der Waals surface area contributed by atoms with Gasteiger partial charge >= 0.3 is 0 Å². The van der Waals surface area contributed by atoms with Crippen LogP contribution in [0.4, 0.5) is 5.82 Å². The van der Waals surface area contributed by atoms with E-state index >= 15 is 0 Å². The second-order valence-corrected chi connectivity index (χ2v) is 6.37. The quantitative estimate of drug-likeness (QED) is 0.767. The third-order valence-corrected chi connectivity index (χ3v) is 4.61. The molecule has 3 heterocycles. The molecule has 0 aliphatic carbocycles. The Labute approximate surface area is 145 Å². The van der Waals surface area contributed by atoms with Gasteiger partial charge in [0.1, 0.15) is 12.1 Å². The highest BCUT2D eigenvalue weighted by Crippen LogP contribution is 2.20. The molecule has 25 heavy (non-hydrogen) atoms. The number of anilines is 1. The average Bonchev–Trinajstić information content (AvgIpc) is 3.06. The van der Waals surface area contributed by atoms with Gasteiger partial charge in [-0.3, -0.25) is 9.89 Å². The number of nitrogens with zero attached hydrogens (tertiary/aromatic N) is 4. The number of piperidine rings is 1. The first-order valence-electron chi connectivity index (χ1n) is 8.48. The van der Waals surface area contributed by atoms with Crippen molar-refractivity contribution in [2.75, 3.05) is 18.4 Å². The summed E-state index contributed by atoms with van der Waals surface area (Å²) in [6.45, 7) is 3.37. The topological polar surface area (TPSA) is 86.8 Å². The minimum atomic E-state index is -0.00576. The lowest BCUT2D eigenvalue weighted by atomic mass is 10.0. The minimum absolute atomic E-state index is 0.00576. The Balaban J connectivity index is 1.40. The van der Waals surface area contributed by atoms with Crippen LogP contribution >= 0.6 is 0 Å². The van der Waals surface area contributed by atoms with Gasteiger partial charge in [0.05, 0.1) is 5.52 Å². The number of fused-ring (bicyclic) bond motifs is 1.